The van der Waals surface area contributed by atoms with Gasteiger partial charge in [0.1, 0.15) is 5.82 Å². The molecule has 1 aromatic carbocycles. The first-order valence-electron chi connectivity index (χ1n) is 9.97. The van der Waals surface area contributed by atoms with E-state index in [1.54, 1.807) is 4.68 Å². The number of aromatic nitrogens is 4. The molecule has 12 heteroatoms. The van der Waals surface area contributed by atoms with Crippen LogP contribution in [-0.4, -0.2) is 88.4 Å². The van der Waals surface area contributed by atoms with Crippen molar-refractivity contribution in [1.82, 2.24) is 29.4 Å². The van der Waals surface area contributed by atoms with Gasteiger partial charge in [0.05, 0.1) is 37.3 Å². The van der Waals surface area contributed by atoms with Crippen LogP contribution in [0, 0.1) is 5.82 Å². The molecular weight excluding hydrogens is 415 g/mol. The molecule has 2 aliphatic heterocycles. The molecule has 0 bridgehead atoms. The first-order chi connectivity index (χ1) is 14.5. The molecule has 1 aromatic heterocycles. The second-order valence-electron chi connectivity index (χ2n) is 7.43. The highest BCUT2D eigenvalue weighted by molar-refractivity contribution is 7.89. The highest BCUT2D eigenvalue weighted by Gasteiger charge is 2.45. The van der Waals surface area contributed by atoms with E-state index in [1.807, 2.05) is 0 Å². The van der Waals surface area contributed by atoms with Gasteiger partial charge < -0.3 is 9.84 Å². The highest BCUT2D eigenvalue weighted by atomic mass is 32.2. The van der Waals surface area contributed by atoms with Gasteiger partial charge in [-0.15, -0.1) is 5.10 Å². The summed E-state index contributed by atoms with van der Waals surface area (Å²) < 4.78 is 48.2. The number of aliphatic hydroxyl groups excluding tert-OH is 1. The molecule has 0 amide bonds. The monoisotopic (exact) mass is 440 g/mol. The molecule has 2 aromatic rings. The van der Waals surface area contributed by atoms with Gasteiger partial charge in [-0.3, -0.25) is 4.90 Å². The Hall–Kier alpha value is -1.99. The summed E-state index contributed by atoms with van der Waals surface area (Å²) in [6.07, 6.45) is 0.974. The minimum absolute atomic E-state index is 0.0263. The van der Waals surface area contributed by atoms with Crippen LogP contribution in [0.1, 0.15) is 24.7 Å². The van der Waals surface area contributed by atoms with Gasteiger partial charge in [0.25, 0.3) is 0 Å². The average Bonchev–Trinajstić information content (AvgIpc) is 3.40. The third-order valence-corrected chi connectivity index (χ3v) is 7.61. The van der Waals surface area contributed by atoms with Gasteiger partial charge in [-0.25, -0.2) is 17.5 Å². The summed E-state index contributed by atoms with van der Waals surface area (Å²) in [4.78, 5) is 2.22. The first kappa shape index (κ1) is 21.2. The lowest BCUT2D eigenvalue weighted by Gasteiger charge is -2.29. The molecular formula is C18H25FN6O4S. The van der Waals surface area contributed by atoms with Crippen LogP contribution in [0.5, 0.6) is 0 Å². The number of sulfonamides is 1. The van der Waals surface area contributed by atoms with Crippen molar-refractivity contribution in [2.75, 3.05) is 39.5 Å². The Morgan fingerprint density at radius 1 is 1.13 bits per heavy atom. The van der Waals surface area contributed by atoms with E-state index in [-0.39, 0.29) is 11.5 Å². The van der Waals surface area contributed by atoms with Crippen LogP contribution in [-0.2, 0) is 21.3 Å². The lowest BCUT2D eigenvalue weighted by Crippen LogP contribution is -2.41. The van der Waals surface area contributed by atoms with Gasteiger partial charge >= 0.3 is 0 Å². The summed E-state index contributed by atoms with van der Waals surface area (Å²) in [5.41, 5.74) is 0. The first-order valence-corrected chi connectivity index (χ1v) is 11.4. The molecule has 0 saturated carbocycles. The molecule has 2 atom stereocenters. The number of tetrazole rings is 1. The lowest BCUT2D eigenvalue weighted by atomic mass is 10.2. The largest absolute Gasteiger partial charge is 0.395 e. The fraction of sp³-hybridized carbons (Fsp3) is 0.611. The van der Waals surface area contributed by atoms with Crippen LogP contribution in [0.2, 0.25) is 0 Å². The summed E-state index contributed by atoms with van der Waals surface area (Å²) in [7, 11) is -3.97. The van der Waals surface area contributed by atoms with Gasteiger partial charge in [-0.05, 0) is 47.5 Å². The second kappa shape index (κ2) is 9.02. The van der Waals surface area contributed by atoms with Gasteiger partial charge in [-0.1, -0.05) is 0 Å². The number of halogens is 1. The normalized spacial score (nSPS) is 23.8. The van der Waals surface area contributed by atoms with Crippen molar-refractivity contribution in [3.05, 3.63) is 35.9 Å². The molecule has 0 aliphatic carbocycles. The van der Waals surface area contributed by atoms with Crippen molar-refractivity contribution in [3.8, 4) is 0 Å². The smallest absolute Gasteiger partial charge is 0.244 e. The van der Waals surface area contributed by atoms with Crippen molar-refractivity contribution in [2.45, 2.75) is 36.4 Å². The number of aliphatic hydroxyl groups is 1. The van der Waals surface area contributed by atoms with E-state index in [4.69, 9.17) is 4.74 Å². The fourth-order valence-corrected chi connectivity index (χ4v) is 5.86. The molecule has 1 N–H and O–H groups in total. The Labute approximate surface area is 174 Å². The molecule has 2 aliphatic rings. The number of benzene rings is 1. The Balaban J connectivity index is 1.58. The Bertz CT molecular complexity index is 948. The molecule has 0 unspecified atom stereocenters. The number of hydrogen-bond donors (Lipinski definition) is 1. The third kappa shape index (κ3) is 4.23. The molecule has 2 fully saturated rings. The number of hydrogen-bond acceptors (Lipinski definition) is 8. The van der Waals surface area contributed by atoms with Crippen LogP contribution >= 0.6 is 0 Å². The molecule has 3 heterocycles. The van der Waals surface area contributed by atoms with Crippen molar-refractivity contribution < 1.29 is 22.7 Å². The standard InChI is InChI=1S/C18H25FN6O4S/c19-14-1-4-16(5-2-14)30(27,28)25-15(13-26)3-6-17(25)18-20-21-22-24(18)8-7-23-9-11-29-12-10-23/h1-2,4-5,15,17,26H,3,6-13H2/t15-,17-/m0/s1. The van der Waals surface area contributed by atoms with E-state index in [1.165, 1.54) is 16.4 Å². The van der Waals surface area contributed by atoms with Gasteiger partial charge in [0, 0.05) is 25.7 Å². The van der Waals surface area contributed by atoms with E-state index in [2.05, 4.69) is 20.4 Å². The molecule has 10 nitrogen and oxygen atoms in total. The van der Waals surface area contributed by atoms with Crippen molar-refractivity contribution in [3.63, 3.8) is 0 Å². The molecule has 2 saturated heterocycles. The maximum atomic E-state index is 13.3. The van der Waals surface area contributed by atoms with E-state index >= 15 is 0 Å². The highest BCUT2D eigenvalue weighted by Crippen LogP contribution is 2.39. The number of rotatable bonds is 7. The zero-order valence-corrected chi connectivity index (χ0v) is 17.3. The number of nitrogens with zero attached hydrogens (tertiary/aromatic N) is 6. The minimum atomic E-state index is -3.97. The van der Waals surface area contributed by atoms with Crippen molar-refractivity contribution >= 4 is 10.0 Å². The summed E-state index contributed by atoms with van der Waals surface area (Å²) in [5.74, 6) is -0.0671. The SMILES string of the molecule is O=S(=O)(c1ccc(F)cc1)N1[C@H](CO)CC[C@H]1c1nnnn1CCN1CCOCC1. The zero-order chi connectivity index (χ0) is 21.1. The van der Waals surface area contributed by atoms with Crippen LogP contribution in [0.15, 0.2) is 29.2 Å². The molecule has 30 heavy (non-hydrogen) atoms. The van der Waals surface area contributed by atoms with Gasteiger partial charge in [0.15, 0.2) is 5.82 Å². The van der Waals surface area contributed by atoms with E-state index in [9.17, 15) is 17.9 Å². The summed E-state index contributed by atoms with van der Waals surface area (Å²) in [5, 5.41) is 21.7. The molecule has 0 radical (unpaired) electrons. The summed E-state index contributed by atoms with van der Waals surface area (Å²) >= 11 is 0. The van der Waals surface area contributed by atoms with Crippen LogP contribution in [0.3, 0.4) is 0 Å². The number of morpholine rings is 1. The van der Waals surface area contributed by atoms with E-state index in [0.29, 0.717) is 38.4 Å². The summed E-state index contributed by atoms with van der Waals surface area (Å²) in [6, 6.07) is 3.49. The topological polar surface area (TPSA) is 114 Å². The fourth-order valence-electron chi connectivity index (χ4n) is 4.04. The van der Waals surface area contributed by atoms with Gasteiger partial charge in [-0.2, -0.15) is 4.31 Å². The molecule has 0 spiro atoms. The van der Waals surface area contributed by atoms with Crippen LogP contribution in [0.4, 0.5) is 4.39 Å². The van der Waals surface area contributed by atoms with Gasteiger partial charge in [0.2, 0.25) is 10.0 Å². The quantitative estimate of drug-likeness (QED) is 0.642. The lowest BCUT2D eigenvalue weighted by molar-refractivity contribution is 0.0357. The molecule has 164 valence electrons. The van der Waals surface area contributed by atoms with Crippen LogP contribution in [0.25, 0.3) is 0 Å². The zero-order valence-electron chi connectivity index (χ0n) is 16.5. The third-order valence-electron chi connectivity index (χ3n) is 5.63. The Morgan fingerprint density at radius 2 is 1.87 bits per heavy atom. The Kier molecular flexibility index (Phi) is 6.39. The second-order valence-corrected chi connectivity index (χ2v) is 9.28. The summed E-state index contributed by atoms with van der Waals surface area (Å²) in [6.45, 7) is 3.97. The van der Waals surface area contributed by atoms with E-state index < -0.39 is 27.9 Å². The van der Waals surface area contributed by atoms with Crippen molar-refractivity contribution in [2.24, 2.45) is 0 Å². The van der Waals surface area contributed by atoms with Crippen LogP contribution < -0.4 is 0 Å². The number of ether oxygens (including phenoxy) is 1. The average molecular weight is 441 g/mol. The Morgan fingerprint density at radius 3 is 2.57 bits per heavy atom. The maximum absolute atomic E-state index is 13.3. The predicted molar refractivity (Wildman–Crippen MR) is 103 cm³/mol. The predicted octanol–water partition coefficient (Wildman–Crippen LogP) is 0.0311. The maximum Gasteiger partial charge on any atom is 0.244 e. The molecule has 4 rings (SSSR count). The van der Waals surface area contributed by atoms with E-state index in [0.717, 1.165) is 31.8 Å². The van der Waals surface area contributed by atoms with Crippen molar-refractivity contribution in [1.29, 1.82) is 0 Å². The minimum Gasteiger partial charge on any atom is -0.395 e.